The standard InChI is InChI=1S/C14H26N2O3/c1-11(5-6-13(17)18)7-8-15-14(19)16-9-3-4-12(2)10-16/h11-12H,3-10H2,1-2H3,(H,15,19)(H,17,18). The molecule has 0 aromatic rings. The maximum absolute atomic E-state index is 11.9. The van der Waals surface area contributed by atoms with Gasteiger partial charge in [0, 0.05) is 26.1 Å². The van der Waals surface area contributed by atoms with Gasteiger partial charge in [-0.2, -0.15) is 0 Å². The summed E-state index contributed by atoms with van der Waals surface area (Å²) < 4.78 is 0. The van der Waals surface area contributed by atoms with Crippen LogP contribution in [-0.4, -0.2) is 41.6 Å². The van der Waals surface area contributed by atoms with Crippen molar-refractivity contribution in [3.05, 3.63) is 0 Å². The van der Waals surface area contributed by atoms with Crippen molar-refractivity contribution >= 4 is 12.0 Å². The van der Waals surface area contributed by atoms with E-state index in [1.54, 1.807) is 0 Å². The van der Waals surface area contributed by atoms with E-state index in [1.165, 1.54) is 6.42 Å². The summed E-state index contributed by atoms with van der Waals surface area (Å²) >= 11 is 0. The first kappa shape index (κ1) is 15.8. The minimum Gasteiger partial charge on any atom is -0.481 e. The minimum absolute atomic E-state index is 0.0250. The maximum atomic E-state index is 11.9. The number of urea groups is 1. The molecular formula is C14H26N2O3. The van der Waals surface area contributed by atoms with Crippen molar-refractivity contribution in [2.24, 2.45) is 11.8 Å². The molecular weight excluding hydrogens is 244 g/mol. The molecule has 1 fully saturated rings. The molecule has 1 saturated heterocycles. The molecule has 2 N–H and O–H groups in total. The Labute approximate surface area is 115 Å². The lowest BCUT2D eigenvalue weighted by atomic mass is 10.0. The highest BCUT2D eigenvalue weighted by Crippen LogP contribution is 2.15. The van der Waals surface area contributed by atoms with Crippen LogP contribution in [0, 0.1) is 11.8 Å². The van der Waals surface area contributed by atoms with Crippen molar-refractivity contribution in [2.75, 3.05) is 19.6 Å². The summed E-state index contributed by atoms with van der Waals surface area (Å²) in [6, 6.07) is 0.0250. The summed E-state index contributed by atoms with van der Waals surface area (Å²) in [6.45, 7) is 6.53. The second-order valence-corrected chi connectivity index (χ2v) is 5.75. The predicted molar refractivity (Wildman–Crippen MR) is 74.0 cm³/mol. The molecule has 2 unspecified atom stereocenters. The zero-order valence-electron chi connectivity index (χ0n) is 12.0. The summed E-state index contributed by atoms with van der Waals surface area (Å²) in [5, 5.41) is 11.5. The fraction of sp³-hybridized carbons (Fsp3) is 0.857. The Morgan fingerprint density at radius 3 is 2.79 bits per heavy atom. The highest BCUT2D eigenvalue weighted by molar-refractivity contribution is 5.74. The van der Waals surface area contributed by atoms with Gasteiger partial charge < -0.3 is 15.3 Å². The molecule has 0 spiro atoms. The molecule has 5 nitrogen and oxygen atoms in total. The summed E-state index contributed by atoms with van der Waals surface area (Å²) in [5.41, 5.74) is 0. The van der Waals surface area contributed by atoms with Crippen LogP contribution < -0.4 is 5.32 Å². The van der Waals surface area contributed by atoms with Gasteiger partial charge in [-0.25, -0.2) is 4.79 Å². The van der Waals surface area contributed by atoms with Gasteiger partial charge in [-0.3, -0.25) is 4.79 Å². The van der Waals surface area contributed by atoms with Crippen molar-refractivity contribution in [3.63, 3.8) is 0 Å². The molecule has 2 amide bonds. The Hall–Kier alpha value is -1.26. The van der Waals surface area contributed by atoms with Gasteiger partial charge in [-0.15, -0.1) is 0 Å². The molecule has 0 saturated carbocycles. The van der Waals surface area contributed by atoms with Crippen LogP contribution in [0.4, 0.5) is 4.79 Å². The lowest BCUT2D eigenvalue weighted by Gasteiger charge is -2.31. The molecule has 1 rings (SSSR count). The number of nitrogens with zero attached hydrogens (tertiary/aromatic N) is 1. The molecule has 1 heterocycles. The number of carboxylic acid groups (broad SMARTS) is 1. The number of amides is 2. The molecule has 19 heavy (non-hydrogen) atoms. The van der Waals surface area contributed by atoms with Gasteiger partial charge >= 0.3 is 12.0 Å². The Bertz CT molecular complexity index is 307. The number of carbonyl (C=O) groups is 2. The molecule has 0 aromatic heterocycles. The second kappa shape index (κ2) is 8.02. The van der Waals surface area contributed by atoms with E-state index in [0.29, 0.717) is 24.8 Å². The molecule has 0 aromatic carbocycles. The molecule has 1 aliphatic rings. The largest absolute Gasteiger partial charge is 0.481 e. The molecule has 2 atom stereocenters. The van der Waals surface area contributed by atoms with Crippen molar-refractivity contribution in [1.82, 2.24) is 10.2 Å². The lowest BCUT2D eigenvalue weighted by Crippen LogP contribution is -2.45. The number of rotatable bonds is 6. The highest BCUT2D eigenvalue weighted by Gasteiger charge is 2.20. The maximum Gasteiger partial charge on any atom is 0.317 e. The van der Waals surface area contributed by atoms with E-state index >= 15 is 0 Å². The first-order valence-corrected chi connectivity index (χ1v) is 7.23. The van der Waals surface area contributed by atoms with Crippen LogP contribution in [0.5, 0.6) is 0 Å². The highest BCUT2D eigenvalue weighted by atomic mass is 16.4. The van der Waals surface area contributed by atoms with Crippen molar-refractivity contribution < 1.29 is 14.7 Å². The number of hydrogen-bond acceptors (Lipinski definition) is 2. The van der Waals surface area contributed by atoms with Crippen LogP contribution in [0.25, 0.3) is 0 Å². The first-order valence-electron chi connectivity index (χ1n) is 7.23. The Kier molecular flexibility index (Phi) is 6.67. The third-order valence-corrected chi connectivity index (χ3v) is 3.71. The molecule has 5 heteroatoms. The summed E-state index contributed by atoms with van der Waals surface area (Å²) in [4.78, 5) is 24.2. The van der Waals surface area contributed by atoms with Crippen LogP contribution in [0.15, 0.2) is 0 Å². The number of nitrogens with one attached hydrogen (secondary N) is 1. The quantitative estimate of drug-likeness (QED) is 0.778. The van der Waals surface area contributed by atoms with Crippen LogP contribution >= 0.6 is 0 Å². The number of carbonyl (C=O) groups excluding carboxylic acids is 1. The van der Waals surface area contributed by atoms with Crippen LogP contribution in [0.2, 0.25) is 0 Å². The summed E-state index contributed by atoms with van der Waals surface area (Å²) in [5.74, 6) is 0.170. The van der Waals surface area contributed by atoms with E-state index in [2.05, 4.69) is 12.2 Å². The third kappa shape index (κ3) is 6.45. The summed E-state index contributed by atoms with van der Waals surface area (Å²) in [6.07, 6.45) is 4.01. The second-order valence-electron chi connectivity index (χ2n) is 5.75. The van der Waals surface area contributed by atoms with Crippen LogP contribution in [0.3, 0.4) is 0 Å². The van der Waals surface area contributed by atoms with Gasteiger partial charge in [-0.05, 0) is 37.5 Å². The number of hydrogen-bond donors (Lipinski definition) is 2. The van der Waals surface area contributed by atoms with E-state index in [-0.39, 0.29) is 12.5 Å². The molecule has 0 aliphatic carbocycles. The average Bonchev–Trinajstić information content (AvgIpc) is 2.36. The van der Waals surface area contributed by atoms with E-state index < -0.39 is 5.97 Å². The SMILES string of the molecule is CC(CCNC(=O)N1CCCC(C)C1)CCC(=O)O. The van der Waals surface area contributed by atoms with Gasteiger partial charge in [0.2, 0.25) is 0 Å². The number of aliphatic carboxylic acids is 1. The van der Waals surface area contributed by atoms with Crippen LogP contribution in [-0.2, 0) is 4.79 Å². The number of piperidine rings is 1. The Morgan fingerprint density at radius 1 is 1.42 bits per heavy atom. The summed E-state index contributed by atoms with van der Waals surface area (Å²) in [7, 11) is 0. The van der Waals surface area contributed by atoms with Gasteiger partial charge in [0.1, 0.15) is 0 Å². The van der Waals surface area contributed by atoms with E-state index in [1.807, 2.05) is 11.8 Å². The van der Waals surface area contributed by atoms with E-state index in [9.17, 15) is 9.59 Å². The Balaban J connectivity index is 2.14. The number of carboxylic acids is 1. The van der Waals surface area contributed by atoms with Gasteiger partial charge in [0.15, 0.2) is 0 Å². The van der Waals surface area contributed by atoms with Gasteiger partial charge in [0.05, 0.1) is 0 Å². The smallest absolute Gasteiger partial charge is 0.317 e. The fourth-order valence-electron chi connectivity index (χ4n) is 2.43. The fourth-order valence-corrected chi connectivity index (χ4v) is 2.43. The van der Waals surface area contributed by atoms with Crippen molar-refractivity contribution in [3.8, 4) is 0 Å². The minimum atomic E-state index is -0.752. The molecule has 110 valence electrons. The zero-order chi connectivity index (χ0) is 14.3. The van der Waals surface area contributed by atoms with E-state index in [4.69, 9.17) is 5.11 Å². The molecule has 0 radical (unpaired) electrons. The topological polar surface area (TPSA) is 69.6 Å². The lowest BCUT2D eigenvalue weighted by molar-refractivity contribution is -0.137. The normalized spacial score (nSPS) is 20.9. The third-order valence-electron chi connectivity index (χ3n) is 3.71. The molecule has 1 aliphatic heterocycles. The predicted octanol–water partition coefficient (Wildman–Crippen LogP) is 2.32. The Morgan fingerprint density at radius 2 is 2.16 bits per heavy atom. The molecule has 0 bridgehead atoms. The van der Waals surface area contributed by atoms with E-state index in [0.717, 1.165) is 25.9 Å². The van der Waals surface area contributed by atoms with Gasteiger partial charge in [0.25, 0.3) is 0 Å². The number of likely N-dealkylation sites (tertiary alicyclic amines) is 1. The van der Waals surface area contributed by atoms with Gasteiger partial charge in [-0.1, -0.05) is 13.8 Å². The monoisotopic (exact) mass is 270 g/mol. The first-order chi connectivity index (χ1) is 8.99. The van der Waals surface area contributed by atoms with Crippen LogP contribution in [0.1, 0.15) is 46.0 Å². The van der Waals surface area contributed by atoms with Crippen molar-refractivity contribution in [1.29, 1.82) is 0 Å². The average molecular weight is 270 g/mol. The van der Waals surface area contributed by atoms with Crippen molar-refractivity contribution in [2.45, 2.75) is 46.0 Å². The zero-order valence-corrected chi connectivity index (χ0v) is 12.0.